The van der Waals surface area contributed by atoms with Crippen LogP contribution < -0.4 is 4.72 Å². The summed E-state index contributed by atoms with van der Waals surface area (Å²) in [6.45, 7) is 2.12. The lowest BCUT2D eigenvalue weighted by Gasteiger charge is -2.28. The van der Waals surface area contributed by atoms with Gasteiger partial charge in [0.2, 0.25) is 10.0 Å². The van der Waals surface area contributed by atoms with Gasteiger partial charge in [-0.1, -0.05) is 6.92 Å². The molecule has 96 valence electrons. The van der Waals surface area contributed by atoms with Gasteiger partial charge in [0.25, 0.3) is 0 Å². The van der Waals surface area contributed by atoms with E-state index < -0.39 is 10.0 Å². The van der Waals surface area contributed by atoms with Crippen molar-refractivity contribution in [2.45, 2.75) is 51.5 Å². The lowest BCUT2D eigenvalue weighted by atomic mass is 9.85. The minimum atomic E-state index is -3.06. The van der Waals surface area contributed by atoms with E-state index in [4.69, 9.17) is 5.11 Å². The maximum atomic E-state index is 11.6. The summed E-state index contributed by atoms with van der Waals surface area (Å²) in [6.07, 6.45) is 5.39. The van der Waals surface area contributed by atoms with E-state index >= 15 is 0 Å². The second-order valence-corrected chi connectivity index (χ2v) is 6.54. The smallest absolute Gasteiger partial charge is 0.211 e. The van der Waals surface area contributed by atoms with Crippen molar-refractivity contribution in [2.75, 3.05) is 12.4 Å². The van der Waals surface area contributed by atoms with Gasteiger partial charge in [0.15, 0.2) is 0 Å². The second kappa shape index (κ2) is 6.57. The van der Waals surface area contributed by atoms with Crippen LogP contribution in [0.5, 0.6) is 0 Å². The normalized spacial score (nSPS) is 26.9. The van der Waals surface area contributed by atoms with E-state index in [0.29, 0.717) is 12.3 Å². The number of aliphatic hydroxyl groups excluding tert-OH is 1. The number of rotatable bonds is 6. The van der Waals surface area contributed by atoms with Crippen LogP contribution in [0.3, 0.4) is 0 Å². The van der Waals surface area contributed by atoms with Crippen molar-refractivity contribution < 1.29 is 13.5 Å². The van der Waals surface area contributed by atoms with Crippen molar-refractivity contribution in [3.8, 4) is 0 Å². The van der Waals surface area contributed by atoms with Crippen LogP contribution in [-0.2, 0) is 10.0 Å². The summed E-state index contributed by atoms with van der Waals surface area (Å²) < 4.78 is 25.9. The van der Waals surface area contributed by atoms with Crippen LogP contribution in [0.4, 0.5) is 0 Å². The Morgan fingerprint density at radius 2 is 1.88 bits per heavy atom. The molecule has 0 radical (unpaired) electrons. The minimum Gasteiger partial charge on any atom is -0.396 e. The molecule has 0 atom stereocenters. The lowest BCUT2D eigenvalue weighted by Crippen LogP contribution is -2.38. The Balaban J connectivity index is 2.32. The molecule has 0 bridgehead atoms. The maximum Gasteiger partial charge on any atom is 0.211 e. The van der Waals surface area contributed by atoms with Gasteiger partial charge in [0.1, 0.15) is 0 Å². The highest BCUT2D eigenvalue weighted by Gasteiger charge is 2.23. The van der Waals surface area contributed by atoms with Crippen LogP contribution >= 0.6 is 0 Å². The molecule has 0 aliphatic heterocycles. The topological polar surface area (TPSA) is 66.4 Å². The first kappa shape index (κ1) is 13.9. The first-order valence-corrected chi connectivity index (χ1v) is 7.83. The third-order valence-corrected chi connectivity index (χ3v) is 4.84. The third-order valence-electron chi connectivity index (χ3n) is 3.20. The monoisotopic (exact) mass is 249 g/mol. The van der Waals surface area contributed by atoms with Gasteiger partial charge >= 0.3 is 0 Å². The Morgan fingerprint density at radius 3 is 2.38 bits per heavy atom. The van der Waals surface area contributed by atoms with Crippen molar-refractivity contribution >= 4 is 10.0 Å². The first-order chi connectivity index (χ1) is 7.57. The van der Waals surface area contributed by atoms with E-state index in [9.17, 15) is 8.42 Å². The number of aliphatic hydroxyl groups is 1. The zero-order valence-corrected chi connectivity index (χ0v) is 10.8. The van der Waals surface area contributed by atoms with Crippen LogP contribution in [0.1, 0.15) is 45.4 Å². The molecule has 0 aromatic heterocycles. The number of hydrogen-bond acceptors (Lipinski definition) is 3. The van der Waals surface area contributed by atoms with Crippen molar-refractivity contribution in [2.24, 2.45) is 5.92 Å². The van der Waals surface area contributed by atoms with Crippen LogP contribution in [0.25, 0.3) is 0 Å². The molecule has 0 heterocycles. The first-order valence-electron chi connectivity index (χ1n) is 6.18. The maximum absolute atomic E-state index is 11.6. The number of sulfonamides is 1. The Kier molecular flexibility index (Phi) is 5.72. The summed E-state index contributed by atoms with van der Waals surface area (Å²) in [6, 6.07) is 0.117. The van der Waals surface area contributed by atoms with Gasteiger partial charge in [-0.3, -0.25) is 0 Å². The molecule has 0 unspecified atom stereocenters. The fraction of sp³-hybridized carbons (Fsp3) is 1.00. The highest BCUT2D eigenvalue weighted by molar-refractivity contribution is 7.89. The quantitative estimate of drug-likeness (QED) is 0.744. The molecule has 0 spiro atoms. The molecule has 1 rings (SSSR count). The molecule has 4 nitrogen and oxygen atoms in total. The van der Waals surface area contributed by atoms with E-state index in [1.165, 1.54) is 0 Å². The van der Waals surface area contributed by atoms with Crippen molar-refractivity contribution in [3.05, 3.63) is 0 Å². The molecule has 1 saturated carbocycles. The average molecular weight is 249 g/mol. The van der Waals surface area contributed by atoms with Crippen molar-refractivity contribution in [1.29, 1.82) is 0 Å². The van der Waals surface area contributed by atoms with E-state index in [1.54, 1.807) is 0 Å². The van der Waals surface area contributed by atoms with Gasteiger partial charge in [-0.05, 0) is 44.4 Å². The van der Waals surface area contributed by atoms with Gasteiger partial charge in [-0.25, -0.2) is 13.1 Å². The molecule has 1 fully saturated rings. The summed E-state index contributed by atoms with van der Waals surface area (Å²) in [4.78, 5) is 0. The molecule has 1 aliphatic rings. The predicted octanol–water partition coefficient (Wildman–Crippen LogP) is 1.26. The number of nitrogens with one attached hydrogen (secondary N) is 1. The molecule has 0 aromatic rings. The van der Waals surface area contributed by atoms with Gasteiger partial charge < -0.3 is 5.11 Å². The number of hydrogen-bond donors (Lipinski definition) is 2. The van der Waals surface area contributed by atoms with Crippen molar-refractivity contribution in [1.82, 2.24) is 4.72 Å². The summed E-state index contributed by atoms with van der Waals surface area (Å²) in [5.41, 5.74) is 0. The Hall–Kier alpha value is -0.130. The van der Waals surface area contributed by atoms with E-state index in [-0.39, 0.29) is 18.4 Å². The standard InChI is InChI=1S/C11H23NO3S/c1-2-9-16(14,15)12-11-5-3-10(4-6-11)7-8-13/h10-13H,2-9H2,1H3. The molecule has 0 amide bonds. The fourth-order valence-electron chi connectivity index (χ4n) is 2.33. The molecular formula is C11H23NO3S. The highest BCUT2D eigenvalue weighted by Crippen LogP contribution is 2.26. The summed E-state index contributed by atoms with van der Waals surface area (Å²) in [5, 5.41) is 8.83. The molecular weight excluding hydrogens is 226 g/mol. The molecule has 5 heteroatoms. The summed E-state index contributed by atoms with van der Waals surface area (Å²) in [5.74, 6) is 0.806. The van der Waals surface area contributed by atoms with Crippen LogP contribution in [0, 0.1) is 5.92 Å². The van der Waals surface area contributed by atoms with E-state index in [0.717, 1.165) is 32.1 Å². The summed E-state index contributed by atoms with van der Waals surface area (Å²) >= 11 is 0. The van der Waals surface area contributed by atoms with Gasteiger partial charge in [0, 0.05) is 12.6 Å². The second-order valence-electron chi connectivity index (χ2n) is 4.67. The minimum absolute atomic E-state index is 0.117. The lowest BCUT2D eigenvalue weighted by molar-refractivity contribution is 0.219. The van der Waals surface area contributed by atoms with Gasteiger partial charge in [-0.15, -0.1) is 0 Å². The zero-order chi connectivity index (χ0) is 12.0. The van der Waals surface area contributed by atoms with Crippen LogP contribution in [0.15, 0.2) is 0 Å². The Labute approximate surface area is 98.5 Å². The zero-order valence-electron chi connectivity index (χ0n) is 9.98. The summed E-state index contributed by atoms with van der Waals surface area (Å²) in [7, 11) is -3.06. The van der Waals surface area contributed by atoms with Crippen molar-refractivity contribution in [3.63, 3.8) is 0 Å². The SMILES string of the molecule is CCCS(=O)(=O)NC1CCC(CCO)CC1. The van der Waals surface area contributed by atoms with Crippen LogP contribution in [0.2, 0.25) is 0 Å². The molecule has 1 aliphatic carbocycles. The van der Waals surface area contributed by atoms with Gasteiger partial charge in [-0.2, -0.15) is 0 Å². The van der Waals surface area contributed by atoms with Gasteiger partial charge in [0.05, 0.1) is 5.75 Å². The molecule has 0 saturated heterocycles. The van der Waals surface area contributed by atoms with E-state index in [1.807, 2.05) is 6.92 Å². The average Bonchev–Trinajstić information content (AvgIpc) is 2.21. The molecule has 0 aromatic carbocycles. The molecule has 2 N–H and O–H groups in total. The highest BCUT2D eigenvalue weighted by atomic mass is 32.2. The predicted molar refractivity (Wildman–Crippen MR) is 64.7 cm³/mol. The Bertz CT molecular complexity index is 282. The Morgan fingerprint density at radius 1 is 1.25 bits per heavy atom. The van der Waals surface area contributed by atoms with E-state index in [2.05, 4.69) is 4.72 Å². The fourth-order valence-corrected chi connectivity index (χ4v) is 3.73. The van der Waals surface area contributed by atoms with Crippen LogP contribution in [-0.4, -0.2) is 31.9 Å². The largest absolute Gasteiger partial charge is 0.396 e. The molecule has 16 heavy (non-hydrogen) atoms. The third kappa shape index (κ3) is 4.80.